The van der Waals surface area contributed by atoms with E-state index < -0.39 is 18.2 Å². The molecule has 0 aliphatic rings. The SMILES string of the molecule is CCCCCCCCCC/C=C\CCCCCCCC(O)CC(=O)NC(CO)C(O)/C=C/CC/C=C/CCCCCCCCCCCCCC. The van der Waals surface area contributed by atoms with Crippen LogP contribution in [0.2, 0.25) is 0 Å². The summed E-state index contributed by atoms with van der Waals surface area (Å²) in [6.07, 6.45) is 50.0. The molecule has 0 radical (unpaired) electrons. The number of rotatable bonds is 39. The molecule has 294 valence electrons. The Morgan fingerprint density at radius 2 is 0.860 bits per heavy atom. The summed E-state index contributed by atoms with van der Waals surface area (Å²) in [4.78, 5) is 12.4. The third-order valence-electron chi connectivity index (χ3n) is 9.90. The van der Waals surface area contributed by atoms with E-state index >= 15 is 0 Å². The van der Waals surface area contributed by atoms with E-state index in [9.17, 15) is 20.1 Å². The van der Waals surface area contributed by atoms with Gasteiger partial charge in [0, 0.05) is 0 Å². The van der Waals surface area contributed by atoms with Crippen LogP contribution in [0.3, 0.4) is 0 Å². The Hall–Kier alpha value is -1.43. The van der Waals surface area contributed by atoms with Crippen molar-refractivity contribution >= 4 is 5.91 Å². The van der Waals surface area contributed by atoms with Gasteiger partial charge in [0.1, 0.15) is 0 Å². The molecule has 1 amide bonds. The van der Waals surface area contributed by atoms with Crippen LogP contribution in [0.1, 0.15) is 219 Å². The van der Waals surface area contributed by atoms with Gasteiger partial charge in [-0.25, -0.2) is 0 Å². The molecule has 0 spiro atoms. The second-order valence-electron chi connectivity index (χ2n) is 14.9. The monoisotopic (exact) mass is 704 g/mol. The quantitative estimate of drug-likeness (QED) is 0.0379. The summed E-state index contributed by atoms with van der Waals surface area (Å²) in [6, 6.07) is -0.762. The van der Waals surface area contributed by atoms with Gasteiger partial charge in [-0.05, 0) is 57.8 Å². The van der Waals surface area contributed by atoms with Crippen LogP contribution in [0.4, 0.5) is 0 Å². The highest BCUT2D eigenvalue weighted by atomic mass is 16.3. The van der Waals surface area contributed by atoms with Gasteiger partial charge in [0.15, 0.2) is 0 Å². The van der Waals surface area contributed by atoms with E-state index in [4.69, 9.17) is 0 Å². The molecule has 0 fully saturated rings. The molecule has 0 saturated carbocycles. The third kappa shape index (κ3) is 36.4. The second kappa shape index (κ2) is 40.3. The van der Waals surface area contributed by atoms with Crippen LogP contribution < -0.4 is 5.32 Å². The first-order valence-electron chi connectivity index (χ1n) is 21.8. The van der Waals surface area contributed by atoms with Gasteiger partial charge >= 0.3 is 0 Å². The van der Waals surface area contributed by atoms with E-state index in [0.717, 1.165) is 44.9 Å². The van der Waals surface area contributed by atoms with Gasteiger partial charge in [0.2, 0.25) is 5.91 Å². The fourth-order valence-electron chi connectivity index (χ4n) is 6.53. The number of hydrogen-bond acceptors (Lipinski definition) is 4. The summed E-state index contributed by atoms with van der Waals surface area (Å²) in [5, 5.41) is 33.2. The van der Waals surface area contributed by atoms with Gasteiger partial charge < -0.3 is 20.6 Å². The first-order valence-corrected chi connectivity index (χ1v) is 21.8. The van der Waals surface area contributed by atoms with Crippen molar-refractivity contribution in [2.75, 3.05) is 6.61 Å². The van der Waals surface area contributed by atoms with Crippen molar-refractivity contribution in [2.24, 2.45) is 0 Å². The highest BCUT2D eigenvalue weighted by Crippen LogP contribution is 2.14. The summed E-state index contributed by atoms with van der Waals surface area (Å²) in [7, 11) is 0. The molecule has 5 heteroatoms. The van der Waals surface area contributed by atoms with Crippen molar-refractivity contribution in [3.63, 3.8) is 0 Å². The van der Waals surface area contributed by atoms with Gasteiger partial charge in [-0.2, -0.15) is 0 Å². The van der Waals surface area contributed by atoms with E-state index in [1.807, 2.05) is 6.08 Å². The average molecular weight is 704 g/mol. The van der Waals surface area contributed by atoms with E-state index in [1.165, 1.54) is 148 Å². The Kier molecular flexibility index (Phi) is 39.2. The first-order chi connectivity index (χ1) is 24.5. The number of aliphatic hydroxyl groups excluding tert-OH is 3. The first kappa shape index (κ1) is 48.6. The molecule has 0 aromatic carbocycles. The molecular formula is C45H85NO4. The average Bonchev–Trinajstić information content (AvgIpc) is 3.11. The standard InChI is InChI=1S/C45H85NO4/c1-3-5-7-9-11-13-15-17-19-21-23-25-27-29-31-33-35-37-39-44(49)43(41-47)46-45(50)40-42(48)38-36-34-32-30-28-26-24-22-20-18-16-14-12-10-8-6-4-2/h22,24,29,31,37,39,42-44,47-49H,3-21,23,25-28,30,32-36,38,40-41H2,1-2H3,(H,46,50)/b24-22-,31-29+,39-37+. The predicted octanol–water partition coefficient (Wildman–Crippen LogP) is 12.4. The summed E-state index contributed by atoms with van der Waals surface area (Å²) in [5.41, 5.74) is 0. The Morgan fingerprint density at radius 3 is 1.28 bits per heavy atom. The molecule has 0 rings (SSSR count). The minimum Gasteiger partial charge on any atom is -0.394 e. The number of allylic oxidation sites excluding steroid dienone is 5. The molecule has 3 unspecified atom stereocenters. The predicted molar refractivity (Wildman–Crippen MR) is 218 cm³/mol. The van der Waals surface area contributed by atoms with Crippen LogP contribution in [0.15, 0.2) is 36.5 Å². The van der Waals surface area contributed by atoms with Crippen LogP contribution in [0.5, 0.6) is 0 Å². The van der Waals surface area contributed by atoms with E-state index in [-0.39, 0.29) is 18.9 Å². The lowest BCUT2D eigenvalue weighted by Crippen LogP contribution is -2.45. The molecule has 5 nitrogen and oxygen atoms in total. The molecule has 0 heterocycles. The summed E-state index contributed by atoms with van der Waals surface area (Å²) in [6.45, 7) is 4.20. The zero-order valence-corrected chi connectivity index (χ0v) is 33.3. The molecular weight excluding hydrogens is 618 g/mol. The molecule has 3 atom stereocenters. The number of nitrogens with one attached hydrogen (secondary N) is 1. The summed E-state index contributed by atoms with van der Waals surface area (Å²) in [5.74, 6) is -0.330. The van der Waals surface area contributed by atoms with Gasteiger partial charge in [-0.15, -0.1) is 0 Å². The number of aliphatic hydroxyl groups is 3. The van der Waals surface area contributed by atoms with Gasteiger partial charge in [-0.3, -0.25) is 4.79 Å². The van der Waals surface area contributed by atoms with E-state index in [1.54, 1.807) is 6.08 Å². The molecule has 0 aromatic rings. The molecule has 50 heavy (non-hydrogen) atoms. The minimum atomic E-state index is -0.953. The highest BCUT2D eigenvalue weighted by Gasteiger charge is 2.20. The van der Waals surface area contributed by atoms with Crippen LogP contribution in [0.25, 0.3) is 0 Å². The maximum Gasteiger partial charge on any atom is 0.222 e. The van der Waals surface area contributed by atoms with Crippen molar-refractivity contribution in [2.45, 2.75) is 238 Å². The topological polar surface area (TPSA) is 89.8 Å². The minimum absolute atomic E-state index is 0.000570. The van der Waals surface area contributed by atoms with Crippen molar-refractivity contribution in [1.29, 1.82) is 0 Å². The maximum atomic E-state index is 12.4. The zero-order chi connectivity index (χ0) is 36.6. The van der Waals surface area contributed by atoms with Gasteiger partial charge in [-0.1, -0.05) is 192 Å². The highest BCUT2D eigenvalue weighted by molar-refractivity contribution is 5.76. The van der Waals surface area contributed by atoms with Crippen molar-refractivity contribution in [3.05, 3.63) is 36.5 Å². The lowest BCUT2D eigenvalue weighted by molar-refractivity contribution is -0.124. The van der Waals surface area contributed by atoms with Crippen LogP contribution in [0, 0.1) is 0 Å². The maximum absolute atomic E-state index is 12.4. The van der Waals surface area contributed by atoms with Crippen LogP contribution in [-0.2, 0) is 4.79 Å². The number of hydrogen-bond donors (Lipinski definition) is 4. The molecule has 0 saturated heterocycles. The number of carbonyl (C=O) groups is 1. The smallest absolute Gasteiger partial charge is 0.222 e. The van der Waals surface area contributed by atoms with Crippen molar-refractivity contribution < 1.29 is 20.1 Å². The Labute approximate surface area is 311 Å². The van der Waals surface area contributed by atoms with Crippen molar-refractivity contribution in [3.8, 4) is 0 Å². The summed E-state index contributed by atoms with van der Waals surface area (Å²) < 4.78 is 0. The lowest BCUT2D eigenvalue weighted by atomic mass is 10.0. The summed E-state index contributed by atoms with van der Waals surface area (Å²) >= 11 is 0. The Bertz CT molecular complexity index is 779. The fraction of sp³-hybridized carbons (Fsp3) is 0.844. The Morgan fingerprint density at radius 1 is 0.500 bits per heavy atom. The molecule has 0 aliphatic heterocycles. The number of amides is 1. The number of carbonyl (C=O) groups excluding carboxylic acids is 1. The second-order valence-corrected chi connectivity index (χ2v) is 14.9. The van der Waals surface area contributed by atoms with Gasteiger partial charge in [0.05, 0.1) is 31.3 Å². The normalized spacial score (nSPS) is 13.9. The lowest BCUT2D eigenvalue weighted by Gasteiger charge is -2.20. The molecule has 0 aromatic heterocycles. The van der Waals surface area contributed by atoms with Crippen LogP contribution >= 0.6 is 0 Å². The van der Waals surface area contributed by atoms with Crippen molar-refractivity contribution in [1.82, 2.24) is 5.32 Å². The third-order valence-corrected chi connectivity index (χ3v) is 9.90. The van der Waals surface area contributed by atoms with Gasteiger partial charge in [0.25, 0.3) is 0 Å². The Balaban J connectivity index is 3.73. The molecule has 0 bridgehead atoms. The number of unbranched alkanes of at least 4 members (excludes halogenated alkanes) is 26. The van der Waals surface area contributed by atoms with E-state index in [0.29, 0.717) is 6.42 Å². The molecule has 0 aliphatic carbocycles. The molecule has 4 N–H and O–H groups in total. The fourth-order valence-corrected chi connectivity index (χ4v) is 6.53. The largest absolute Gasteiger partial charge is 0.394 e. The van der Waals surface area contributed by atoms with E-state index in [2.05, 4.69) is 43.5 Å². The zero-order valence-electron chi connectivity index (χ0n) is 33.3. The van der Waals surface area contributed by atoms with Crippen LogP contribution in [-0.4, -0.2) is 46.1 Å².